The largest absolute Gasteiger partial charge is 0.508 e. The van der Waals surface area contributed by atoms with Crippen LogP contribution in [0.2, 0.25) is 0 Å². The fourth-order valence-electron chi connectivity index (χ4n) is 7.23. The van der Waals surface area contributed by atoms with Crippen molar-refractivity contribution in [1.29, 1.82) is 0 Å². The Balaban J connectivity index is 1.29. The Kier molecular flexibility index (Phi) is 4.80. The molecule has 2 spiro atoms. The van der Waals surface area contributed by atoms with Crippen LogP contribution in [-0.2, 0) is 23.1 Å². The van der Waals surface area contributed by atoms with Gasteiger partial charge in [0.25, 0.3) is 5.91 Å². The van der Waals surface area contributed by atoms with E-state index in [9.17, 15) is 19.8 Å². The quantitative estimate of drug-likeness (QED) is 0.524. The number of aliphatic hydroxyl groups is 1. The molecule has 1 saturated carbocycles. The van der Waals surface area contributed by atoms with Crippen LogP contribution in [0.25, 0.3) is 0 Å². The van der Waals surface area contributed by atoms with Crippen LogP contribution in [0.15, 0.2) is 48.5 Å². The van der Waals surface area contributed by atoms with Crippen LogP contribution < -0.4 is 10.6 Å². The van der Waals surface area contributed by atoms with Gasteiger partial charge in [-0.3, -0.25) is 15.0 Å². The number of rotatable bonds is 4. The lowest BCUT2D eigenvalue weighted by molar-refractivity contribution is -0.167. The molecule has 2 atom stereocenters. The van der Waals surface area contributed by atoms with Gasteiger partial charge in [0.1, 0.15) is 11.3 Å². The van der Waals surface area contributed by atoms with E-state index < -0.39 is 17.2 Å². The number of aromatic hydroxyl groups is 1. The number of imide groups is 1. The van der Waals surface area contributed by atoms with Crippen molar-refractivity contribution < 1.29 is 19.8 Å². The number of phenols is 1. The number of likely N-dealkylation sites (tertiary alicyclic amines) is 1. The van der Waals surface area contributed by atoms with E-state index in [4.69, 9.17) is 0 Å². The molecule has 178 valence electrons. The minimum atomic E-state index is -0.951. The SMILES string of the molecule is O=C1NC(=O)C2(CCC(O)([C@@H]3N(CCc4ccccc4)CC34CCc3cc(O)ccc34)CC2)N1. The standard InChI is InChI=1S/C27H31N3O4/c31-20-6-7-21-19(16-20)8-10-25(21)17-30(15-9-18-4-2-1-3-5-18)22(25)27(34)13-11-26(12-14-27)23(32)28-24(33)29-26/h1-7,16,22,31,34H,8-15,17H2,(H2,28,29,32,33)/t22-,25?,26?,27?/m1/s1. The van der Waals surface area contributed by atoms with Gasteiger partial charge in [-0.2, -0.15) is 0 Å². The molecule has 0 aromatic heterocycles. The number of fused-ring (bicyclic) bond motifs is 2. The van der Waals surface area contributed by atoms with E-state index >= 15 is 0 Å². The van der Waals surface area contributed by atoms with Crippen molar-refractivity contribution in [2.24, 2.45) is 0 Å². The molecule has 0 bridgehead atoms. The number of nitrogens with zero attached hydrogens (tertiary/aromatic N) is 1. The van der Waals surface area contributed by atoms with Gasteiger partial charge in [0.05, 0.1) is 5.60 Å². The highest BCUT2D eigenvalue weighted by molar-refractivity contribution is 6.07. The molecule has 2 saturated heterocycles. The number of phenolic OH excluding ortho intramolecular Hbond substituents is 1. The molecule has 2 aromatic rings. The molecule has 3 fully saturated rings. The zero-order valence-electron chi connectivity index (χ0n) is 19.2. The first-order valence-corrected chi connectivity index (χ1v) is 12.3. The lowest BCUT2D eigenvalue weighted by Crippen LogP contribution is -2.76. The van der Waals surface area contributed by atoms with Crippen LogP contribution in [0.3, 0.4) is 0 Å². The first kappa shape index (κ1) is 21.6. The number of aryl methyl sites for hydroxylation is 1. The molecular formula is C27H31N3O4. The highest BCUT2D eigenvalue weighted by Crippen LogP contribution is 2.56. The summed E-state index contributed by atoms with van der Waals surface area (Å²) in [4.78, 5) is 26.7. The average Bonchev–Trinajstić information content (AvgIpc) is 3.31. The zero-order valence-corrected chi connectivity index (χ0v) is 19.2. The monoisotopic (exact) mass is 461 g/mol. The number of carbonyl (C=O) groups excluding carboxylic acids is 2. The van der Waals surface area contributed by atoms with E-state index in [0.29, 0.717) is 25.7 Å². The first-order valence-electron chi connectivity index (χ1n) is 12.3. The highest BCUT2D eigenvalue weighted by atomic mass is 16.3. The molecule has 2 aromatic carbocycles. The Bertz CT molecular complexity index is 1140. The minimum absolute atomic E-state index is 0.0629. The molecule has 2 aliphatic carbocycles. The average molecular weight is 462 g/mol. The van der Waals surface area contributed by atoms with E-state index in [-0.39, 0.29) is 23.1 Å². The number of carbonyl (C=O) groups is 2. The summed E-state index contributed by atoms with van der Waals surface area (Å²) in [6, 6.07) is 15.6. The summed E-state index contributed by atoms with van der Waals surface area (Å²) in [6.07, 6.45) is 4.54. The molecule has 4 N–H and O–H groups in total. The molecule has 4 aliphatic rings. The van der Waals surface area contributed by atoms with Gasteiger partial charge in [-0.15, -0.1) is 0 Å². The Morgan fingerprint density at radius 2 is 1.76 bits per heavy atom. The summed E-state index contributed by atoms with van der Waals surface area (Å²) < 4.78 is 0. The van der Waals surface area contributed by atoms with Crippen LogP contribution in [0, 0.1) is 0 Å². The van der Waals surface area contributed by atoms with Gasteiger partial charge in [0.15, 0.2) is 0 Å². The Labute approximate surface area is 199 Å². The molecule has 6 rings (SSSR count). The molecule has 34 heavy (non-hydrogen) atoms. The van der Waals surface area contributed by atoms with Crippen molar-refractivity contribution in [1.82, 2.24) is 15.5 Å². The van der Waals surface area contributed by atoms with Gasteiger partial charge in [0, 0.05) is 24.5 Å². The number of hydrogen-bond acceptors (Lipinski definition) is 5. The number of hydrogen-bond donors (Lipinski definition) is 4. The molecule has 7 heteroatoms. The van der Waals surface area contributed by atoms with E-state index in [1.165, 1.54) is 16.7 Å². The molecule has 3 amide bonds. The highest BCUT2D eigenvalue weighted by Gasteiger charge is 2.65. The summed E-state index contributed by atoms with van der Waals surface area (Å²) in [5.74, 6) is 0.0133. The normalized spacial score (nSPS) is 34.7. The third-order valence-corrected chi connectivity index (χ3v) is 8.86. The van der Waals surface area contributed by atoms with Crippen molar-refractivity contribution in [2.75, 3.05) is 13.1 Å². The summed E-state index contributed by atoms with van der Waals surface area (Å²) in [7, 11) is 0. The second-order valence-corrected chi connectivity index (χ2v) is 10.7. The zero-order chi connectivity index (χ0) is 23.6. The van der Waals surface area contributed by atoms with Crippen molar-refractivity contribution >= 4 is 11.9 Å². The maximum absolute atomic E-state index is 12.5. The van der Waals surface area contributed by atoms with Gasteiger partial charge in [0.2, 0.25) is 0 Å². The fraction of sp³-hybridized carbons (Fsp3) is 0.481. The van der Waals surface area contributed by atoms with Gasteiger partial charge >= 0.3 is 6.03 Å². The Morgan fingerprint density at radius 1 is 1.00 bits per heavy atom. The lowest BCUT2D eigenvalue weighted by atomic mass is 9.57. The van der Waals surface area contributed by atoms with Gasteiger partial charge in [-0.1, -0.05) is 36.4 Å². The third kappa shape index (κ3) is 3.17. The van der Waals surface area contributed by atoms with Crippen molar-refractivity contribution in [3.8, 4) is 5.75 Å². The minimum Gasteiger partial charge on any atom is -0.508 e. The maximum atomic E-state index is 12.5. The summed E-state index contributed by atoms with van der Waals surface area (Å²) in [5, 5.41) is 27.3. The first-order chi connectivity index (χ1) is 16.3. The number of amides is 3. The van der Waals surface area contributed by atoms with E-state index in [2.05, 4.69) is 39.8 Å². The molecule has 7 nitrogen and oxygen atoms in total. The summed E-state index contributed by atoms with van der Waals surface area (Å²) in [5.41, 5.74) is 1.69. The van der Waals surface area contributed by atoms with E-state index in [1.54, 1.807) is 6.07 Å². The predicted molar refractivity (Wildman–Crippen MR) is 126 cm³/mol. The van der Waals surface area contributed by atoms with Crippen LogP contribution in [0.1, 0.15) is 48.8 Å². The van der Waals surface area contributed by atoms with Gasteiger partial charge in [-0.05, 0) is 73.8 Å². The molecule has 1 unspecified atom stereocenters. The summed E-state index contributed by atoms with van der Waals surface area (Å²) in [6.45, 7) is 1.74. The molecule has 0 radical (unpaired) electrons. The maximum Gasteiger partial charge on any atom is 0.322 e. The Morgan fingerprint density at radius 3 is 2.47 bits per heavy atom. The number of nitrogens with one attached hydrogen (secondary N) is 2. The summed E-state index contributed by atoms with van der Waals surface area (Å²) >= 11 is 0. The lowest BCUT2D eigenvalue weighted by Gasteiger charge is -2.63. The number of benzene rings is 2. The predicted octanol–water partition coefficient (Wildman–Crippen LogP) is 2.39. The Hall–Kier alpha value is -2.90. The van der Waals surface area contributed by atoms with Crippen LogP contribution in [0.4, 0.5) is 4.79 Å². The topological polar surface area (TPSA) is 102 Å². The van der Waals surface area contributed by atoms with Crippen LogP contribution in [0.5, 0.6) is 5.75 Å². The number of urea groups is 1. The van der Waals surface area contributed by atoms with E-state index in [0.717, 1.165) is 32.4 Å². The van der Waals surface area contributed by atoms with Crippen LogP contribution in [-0.4, -0.2) is 57.3 Å². The van der Waals surface area contributed by atoms with Crippen molar-refractivity contribution in [3.63, 3.8) is 0 Å². The third-order valence-electron chi connectivity index (χ3n) is 8.86. The fourth-order valence-corrected chi connectivity index (χ4v) is 7.23. The van der Waals surface area contributed by atoms with Gasteiger partial charge in [-0.25, -0.2) is 4.79 Å². The van der Waals surface area contributed by atoms with Gasteiger partial charge < -0.3 is 15.5 Å². The second-order valence-electron chi connectivity index (χ2n) is 10.7. The molecule has 2 heterocycles. The molecule has 2 aliphatic heterocycles. The molecular weight excluding hydrogens is 430 g/mol. The van der Waals surface area contributed by atoms with Crippen LogP contribution >= 0.6 is 0 Å². The van der Waals surface area contributed by atoms with Crippen molar-refractivity contribution in [2.45, 2.75) is 67.5 Å². The smallest absolute Gasteiger partial charge is 0.322 e. The van der Waals surface area contributed by atoms with E-state index in [1.807, 2.05) is 18.2 Å². The second kappa shape index (κ2) is 7.55. The van der Waals surface area contributed by atoms with Crippen molar-refractivity contribution in [3.05, 3.63) is 65.2 Å².